The molecule has 0 radical (unpaired) electrons. The first-order valence-corrected chi connectivity index (χ1v) is 11.6. The Bertz CT molecular complexity index is 1200. The van der Waals surface area contributed by atoms with Gasteiger partial charge in [0.2, 0.25) is 5.91 Å². The van der Waals surface area contributed by atoms with Crippen LogP contribution in [0.5, 0.6) is 0 Å². The topological polar surface area (TPSA) is 101 Å². The van der Waals surface area contributed by atoms with E-state index in [0.29, 0.717) is 24.1 Å². The van der Waals surface area contributed by atoms with Crippen molar-refractivity contribution in [2.75, 3.05) is 13.2 Å². The van der Waals surface area contributed by atoms with Gasteiger partial charge in [-0.15, -0.1) is 5.10 Å². The van der Waals surface area contributed by atoms with E-state index in [1.807, 2.05) is 0 Å². The van der Waals surface area contributed by atoms with Crippen LogP contribution >= 0.6 is 11.5 Å². The van der Waals surface area contributed by atoms with Crippen LogP contribution in [0.15, 0.2) is 54.7 Å². The van der Waals surface area contributed by atoms with Crippen molar-refractivity contribution in [1.29, 1.82) is 0 Å². The number of halogens is 1. The predicted octanol–water partition coefficient (Wildman–Crippen LogP) is 2.25. The smallest absolute Gasteiger partial charge is 0.251 e. The number of carbonyl (C=O) groups excluding carboxylic acids is 3. The highest BCUT2D eigenvalue weighted by atomic mass is 32.1. The van der Waals surface area contributed by atoms with Gasteiger partial charge in [0, 0.05) is 18.5 Å². The first-order valence-electron chi connectivity index (χ1n) is 10.9. The molecule has 0 saturated carbocycles. The second-order valence-corrected chi connectivity index (χ2v) is 9.08. The van der Waals surface area contributed by atoms with Gasteiger partial charge in [0.15, 0.2) is 5.78 Å². The largest absolute Gasteiger partial charge is 0.368 e. The zero-order valence-corrected chi connectivity index (χ0v) is 18.8. The maximum atomic E-state index is 13.5. The Kier molecular flexibility index (Phi) is 6.16. The summed E-state index contributed by atoms with van der Waals surface area (Å²) >= 11 is 1.25. The Labute approximate surface area is 198 Å². The molecule has 8 nitrogen and oxygen atoms in total. The fraction of sp³-hybridized carbons (Fsp3) is 0.292. The van der Waals surface area contributed by atoms with Crippen molar-refractivity contribution in [3.8, 4) is 10.4 Å². The molecular weight excluding hydrogens is 459 g/mol. The number of nitrogens with zero attached hydrogens (tertiary/aromatic N) is 3. The number of ether oxygens (including phenoxy) is 1. The number of likely N-dealkylation sites (tertiary alicyclic amines) is 1. The van der Waals surface area contributed by atoms with Gasteiger partial charge in [-0.1, -0.05) is 28.8 Å². The molecule has 0 aliphatic carbocycles. The second-order valence-electron chi connectivity index (χ2n) is 8.30. The van der Waals surface area contributed by atoms with E-state index in [9.17, 15) is 18.8 Å². The van der Waals surface area contributed by atoms with Crippen LogP contribution in [-0.2, 0) is 20.7 Å². The number of ketones is 1. The third-order valence-corrected chi connectivity index (χ3v) is 6.86. The molecule has 34 heavy (non-hydrogen) atoms. The monoisotopic (exact) mass is 480 g/mol. The summed E-state index contributed by atoms with van der Waals surface area (Å²) in [4.78, 5) is 41.2. The van der Waals surface area contributed by atoms with Crippen molar-refractivity contribution in [2.45, 2.75) is 31.0 Å². The van der Waals surface area contributed by atoms with Gasteiger partial charge in [-0.05, 0) is 53.3 Å². The van der Waals surface area contributed by atoms with Crippen LogP contribution in [0.4, 0.5) is 4.39 Å². The van der Waals surface area contributed by atoms with Gasteiger partial charge in [-0.2, -0.15) is 0 Å². The Hall–Kier alpha value is -3.50. The highest BCUT2D eigenvalue weighted by Crippen LogP contribution is 2.28. The molecule has 174 valence electrons. The lowest BCUT2D eigenvalue weighted by molar-refractivity contribution is -0.138. The molecule has 3 heterocycles. The molecular formula is C24H21FN4O4S. The minimum atomic E-state index is -0.921. The lowest BCUT2D eigenvalue weighted by atomic mass is 10.0. The van der Waals surface area contributed by atoms with Crippen LogP contribution in [-0.4, -0.2) is 63.4 Å². The fourth-order valence-electron chi connectivity index (χ4n) is 4.42. The first kappa shape index (κ1) is 22.3. The van der Waals surface area contributed by atoms with E-state index < -0.39 is 18.0 Å². The lowest BCUT2D eigenvalue weighted by Crippen LogP contribution is -2.53. The van der Waals surface area contributed by atoms with Gasteiger partial charge < -0.3 is 15.0 Å². The fourth-order valence-corrected chi connectivity index (χ4v) is 4.94. The summed E-state index contributed by atoms with van der Waals surface area (Å²) in [6.45, 7) is 0.378. The second kappa shape index (κ2) is 9.40. The molecule has 3 aromatic rings. The third-order valence-electron chi connectivity index (χ3n) is 6.14. The minimum absolute atomic E-state index is 0.00424. The van der Waals surface area contributed by atoms with Gasteiger partial charge in [-0.3, -0.25) is 14.4 Å². The maximum Gasteiger partial charge on any atom is 0.251 e. The zero-order chi connectivity index (χ0) is 23.7. The lowest BCUT2D eigenvalue weighted by Gasteiger charge is -2.27. The summed E-state index contributed by atoms with van der Waals surface area (Å²) in [6.07, 6.45) is 2.09. The summed E-state index contributed by atoms with van der Waals surface area (Å²) in [5, 5.41) is 6.64. The summed E-state index contributed by atoms with van der Waals surface area (Å²) in [6, 6.07) is 11.2. The van der Waals surface area contributed by atoms with E-state index in [-0.39, 0.29) is 36.6 Å². The summed E-state index contributed by atoms with van der Waals surface area (Å²) in [5.41, 5.74) is 1.96. The number of benzene rings is 2. The Morgan fingerprint density at radius 3 is 2.65 bits per heavy atom. The molecule has 2 saturated heterocycles. The molecule has 10 heteroatoms. The van der Waals surface area contributed by atoms with Crippen molar-refractivity contribution < 1.29 is 23.5 Å². The number of carbonyl (C=O) groups is 3. The normalized spacial score (nSPS) is 20.3. The number of hydrogen-bond acceptors (Lipinski definition) is 7. The Balaban J connectivity index is 1.36. The molecule has 2 aliphatic heterocycles. The van der Waals surface area contributed by atoms with Crippen molar-refractivity contribution in [1.82, 2.24) is 19.8 Å². The highest BCUT2D eigenvalue weighted by molar-refractivity contribution is 7.09. The van der Waals surface area contributed by atoms with Crippen LogP contribution in [0.2, 0.25) is 0 Å². The summed E-state index contributed by atoms with van der Waals surface area (Å²) in [7, 11) is 0. The molecule has 2 aliphatic rings. The quantitative estimate of drug-likeness (QED) is 0.581. The van der Waals surface area contributed by atoms with Crippen LogP contribution in [0, 0.1) is 5.82 Å². The van der Waals surface area contributed by atoms with Gasteiger partial charge in [0.1, 0.15) is 24.5 Å². The van der Waals surface area contributed by atoms with Crippen molar-refractivity contribution in [3.63, 3.8) is 0 Å². The van der Waals surface area contributed by atoms with Crippen LogP contribution in [0.3, 0.4) is 0 Å². The number of Topliss-reactive ketones (excluding diaryl/α,β-unsaturated/α-hetero) is 1. The molecule has 3 atom stereocenters. The molecule has 1 aromatic heterocycles. The van der Waals surface area contributed by atoms with E-state index in [4.69, 9.17) is 4.74 Å². The molecule has 5 rings (SSSR count). The van der Waals surface area contributed by atoms with Crippen LogP contribution < -0.4 is 5.32 Å². The number of hydrogen-bond donors (Lipinski definition) is 1. The first-order chi connectivity index (χ1) is 16.5. The molecule has 2 amide bonds. The number of fused-ring (bicyclic) bond motifs is 1. The number of rotatable bonds is 6. The third kappa shape index (κ3) is 4.46. The van der Waals surface area contributed by atoms with E-state index in [0.717, 1.165) is 10.4 Å². The SMILES string of the molecule is O=C(NC(Cc1ccc(F)cc1)C(=O)N1CCC2OCC(=O)C21)c1ccc(-c2cnns2)cc1. The summed E-state index contributed by atoms with van der Waals surface area (Å²) < 4.78 is 22.7. The molecule has 3 unspecified atom stereocenters. The molecule has 2 aromatic carbocycles. The van der Waals surface area contributed by atoms with Gasteiger partial charge in [-0.25, -0.2) is 4.39 Å². The average molecular weight is 481 g/mol. The number of amides is 2. The summed E-state index contributed by atoms with van der Waals surface area (Å²) in [5.74, 6) is -1.28. The predicted molar refractivity (Wildman–Crippen MR) is 122 cm³/mol. The highest BCUT2D eigenvalue weighted by Gasteiger charge is 2.48. The van der Waals surface area contributed by atoms with E-state index in [1.165, 1.54) is 28.6 Å². The minimum Gasteiger partial charge on any atom is -0.368 e. The van der Waals surface area contributed by atoms with E-state index >= 15 is 0 Å². The van der Waals surface area contributed by atoms with Gasteiger partial charge in [0.05, 0.1) is 17.2 Å². The molecule has 1 N–H and O–H groups in total. The number of aromatic nitrogens is 2. The van der Waals surface area contributed by atoms with Crippen LogP contribution in [0.25, 0.3) is 10.4 Å². The molecule has 0 bridgehead atoms. The Morgan fingerprint density at radius 1 is 1.18 bits per heavy atom. The van der Waals surface area contributed by atoms with Crippen molar-refractivity contribution in [3.05, 3.63) is 71.7 Å². The Morgan fingerprint density at radius 2 is 1.94 bits per heavy atom. The average Bonchev–Trinajstić information content (AvgIpc) is 3.60. The van der Waals surface area contributed by atoms with E-state index in [1.54, 1.807) is 42.6 Å². The van der Waals surface area contributed by atoms with E-state index in [2.05, 4.69) is 14.9 Å². The number of nitrogens with one attached hydrogen (secondary N) is 1. The van der Waals surface area contributed by atoms with Gasteiger partial charge in [0.25, 0.3) is 5.91 Å². The maximum absolute atomic E-state index is 13.5. The van der Waals surface area contributed by atoms with Crippen molar-refractivity contribution >= 4 is 29.1 Å². The molecule has 2 fully saturated rings. The van der Waals surface area contributed by atoms with Gasteiger partial charge >= 0.3 is 0 Å². The van der Waals surface area contributed by atoms with Crippen molar-refractivity contribution in [2.24, 2.45) is 0 Å². The van der Waals surface area contributed by atoms with Crippen LogP contribution in [0.1, 0.15) is 22.3 Å². The zero-order valence-electron chi connectivity index (χ0n) is 18.0. The standard InChI is InChI=1S/C24H21FN4O4S/c25-17-7-1-14(2-8-17)11-18(24(32)29-10-9-20-22(29)19(30)13-33-20)27-23(31)16-5-3-15(4-6-16)21-12-26-28-34-21/h1-8,12,18,20,22H,9-11,13H2,(H,27,31). The molecule has 0 spiro atoms.